The van der Waals surface area contributed by atoms with Crippen molar-refractivity contribution in [2.45, 2.75) is 69.2 Å². The van der Waals surface area contributed by atoms with Gasteiger partial charge in [0.25, 0.3) is 0 Å². The first-order chi connectivity index (χ1) is 18.5. The first kappa shape index (κ1) is 23.3. The summed E-state index contributed by atoms with van der Waals surface area (Å²) in [5.41, 5.74) is 1.35. The summed E-state index contributed by atoms with van der Waals surface area (Å²) in [6.45, 7) is 0.200. The van der Waals surface area contributed by atoms with E-state index in [2.05, 4.69) is 29.7 Å². The standard InChI is InChI=1S/C27H25F2N5O4/c28-20-2-1-3-21(29)23(20)24-19(25(37-32-24)14-4-5-14)13-36-18-10-16-7-8-17(11-18)34(16)22-9-6-15(12-30-22)26-31-27(35)38-33-26/h1-3,6,9,12,14,16-18H,4-5,7-8,10-11,13H2,(H,31,33,35). The molecule has 2 aliphatic heterocycles. The molecule has 5 heterocycles. The summed E-state index contributed by atoms with van der Waals surface area (Å²) in [7, 11) is 0. The third-order valence-electron chi connectivity index (χ3n) is 7.85. The average Bonchev–Trinajstić information content (AvgIpc) is 3.44. The quantitative estimate of drug-likeness (QED) is 0.364. The molecule has 9 nitrogen and oxygen atoms in total. The minimum atomic E-state index is -0.665. The Morgan fingerprint density at radius 2 is 1.76 bits per heavy atom. The maximum absolute atomic E-state index is 14.6. The number of nitrogens with one attached hydrogen (secondary N) is 1. The fraction of sp³-hybridized carbons (Fsp3) is 0.407. The molecule has 11 heteroatoms. The molecule has 3 aromatic heterocycles. The molecule has 0 amide bonds. The first-order valence-corrected chi connectivity index (χ1v) is 12.9. The number of fused-ring (bicyclic) bond motifs is 2. The van der Waals surface area contributed by atoms with Gasteiger partial charge in [-0.25, -0.2) is 18.6 Å². The van der Waals surface area contributed by atoms with Crippen LogP contribution in [0.1, 0.15) is 55.8 Å². The molecular weight excluding hydrogens is 496 g/mol. The molecule has 196 valence electrons. The molecule has 0 radical (unpaired) electrons. The number of anilines is 1. The summed E-state index contributed by atoms with van der Waals surface area (Å²) in [6, 6.07) is 8.15. The minimum absolute atomic E-state index is 0.00324. The third-order valence-corrected chi connectivity index (χ3v) is 7.85. The van der Waals surface area contributed by atoms with E-state index in [9.17, 15) is 13.6 Å². The number of nitrogens with zero attached hydrogens (tertiary/aromatic N) is 4. The zero-order valence-corrected chi connectivity index (χ0v) is 20.4. The summed E-state index contributed by atoms with van der Waals surface area (Å²) in [6.07, 6.45) is 7.36. The highest BCUT2D eigenvalue weighted by molar-refractivity contribution is 5.65. The van der Waals surface area contributed by atoms with E-state index in [0.717, 1.165) is 44.3 Å². The number of pyridine rings is 1. The maximum Gasteiger partial charge on any atom is 0.439 e. The van der Waals surface area contributed by atoms with Crippen LogP contribution in [-0.2, 0) is 11.3 Å². The van der Waals surface area contributed by atoms with Gasteiger partial charge in [-0.3, -0.25) is 9.51 Å². The lowest BCUT2D eigenvalue weighted by Crippen LogP contribution is -2.46. The fourth-order valence-corrected chi connectivity index (χ4v) is 5.92. The van der Waals surface area contributed by atoms with Crippen LogP contribution in [0, 0.1) is 11.6 Å². The number of aromatic amines is 1. The Morgan fingerprint density at radius 1 is 1.00 bits per heavy atom. The van der Waals surface area contributed by atoms with Crippen molar-refractivity contribution in [3.63, 3.8) is 0 Å². The molecule has 2 unspecified atom stereocenters. The monoisotopic (exact) mass is 521 g/mol. The van der Waals surface area contributed by atoms with Crippen LogP contribution in [-0.4, -0.2) is 38.5 Å². The van der Waals surface area contributed by atoms with Crippen molar-refractivity contribution in [1.29, 1.82) is 0 Å². The predicted molar refractivity (Wildman–Crippen MR) is 131 cm³/mol. The average molecular weight is 522 g/mol. The van der Waals surface area contributed by atoms with Gasteiger partial charge >= 0.3 is 5.76 Å². The summed E-state index contributed by atoms with van der Waals surface area (Å²) in [5, 5.41) is 7.79. The lowest BCUT2D eigenvalue weighted by Gasteiger charge is -2.39. The Kier molecular flexibility index (Phi) is 5.61. The number of hydrogen-bond donors (Lipinski definition) is 1. The summed E-state index contributed by atoms with van der Waals surface area (Å²) in [5.74, 6) is 0.192. The van der Waals surface area contributed by atoms with E-state index in [4.69, 9.17) is 9.26 Å². The lowest BCUT2D eigenvalue weighted by molar-refractivity contribution is 0.0146. The van der Waals surface area contributed by atoms with E-state index in [1.807, 2.05) is 12.1 Å². The molecule has 38 heavy (non-hydrogen) atoms. The number of ether oxygens (including phenoxy) is 1. The number of aromatic nitrogens is 4. The van der Waals surface area contributed by atoms with Gasteiger partial charge in [-0.05, 0) is 62.8 Å². The van der Waals surface area contributed by atoms with E-state index < -0.39 is 17.4 Å². The highest BCUT2D eigenvalue weighted by Gasteiger charge is 2.42. The Hall–Kier alpha value is -3.86. The van der Waals surface area contributed by atoms with Crippen molar-refractivity contribution in [3.8, 4) is 22.6 Å². The zero-order chi connectivity index (χ0) is 25.8. The van der Waals surface area contributed by atoms with Gasteiger partial charge in [-0.2, -0.15) is 0 Å². The minimum Gasteiger partial charge on any atom is -0.373 e. The van der Waals surface area contributed by atoms with Gasteiger partial charge in [0.1, 0.15) is 28.9 Å². The Bertz CT molecular complexity index is 1490. The summed E-state index contributed by atoms with van der Waals surface area (Å²) >= 11 is 0. The molecule has 0 spiro atoms. The van der Waals surface area contributed by atoms with E-state index in [1.54, 1.807) is 6.20 Å². The molecule has 2 atom stereocenters. The van der Waals surface area contributed by atoms with Crippen LogP contribution in [0.15, 0.2) is 50.4 Å². The molecule has 3 aliphatic rings. The van der Waals surface area contributed by atoms with Gasteiger partial charge in [-0.15, -0.1) is 0 Å². The smallest absolute Gasteiger partial charge is 0.373 e. The molecule has 3 fully saturated rings. The van der Waals surface area contributed by atoms with Gasteiger partial charge < -0.3 is 14.2 Å². The predicted octanol–water partition coefficient (Wildman–Crippen LogP) is 4.95. The largest absolute Gasteiger partial charge is 0.439 e. The maximum atomic E-state index is 14.6. The van der Waals surface area contributed by atoms with Gasteiger partial charge in [0.05, 0.1) is 18.3 Å². The van der Waals surface area contributed by atoms with Gasteiger partial charge in [0.15, 0.2) is 5.82 Å². The Labute approximate surface area is 215 Å². The number of benzene rings is 1. The fourth-order valence-electron chi connectivity index (χ4n) is 5.92. The van der Waals surface area contributed by atoms with Crippen LogP contribution in [0.3, 0.4) is 0 Å². The second-order valence-corrected chi connectivity index (χ2v) is 10.3. The second-order valence-electron chi connectivity index (χ2n) is 10.3. The number of rotatable bonds is 7. The summed E-state index contributed by atoms with van der Waals surface area (Å²) in [4.78, 5) is 20.8. The highest BCUT2D eigenvalue weighted by atomic mass is 19.1. The van der Waals surface area contributed by atoms with Gasteiger partial charge in [-0.1, -0.05) is 16.4 Å². The molecule has 1 saturated carbocycles. The molecule has 4 aromatic rings. The van der Waals surface area contributed by atoms with Gasteiger partial charge in [0, 0.05) is 35.3 Å². The second kappa shape index (κ2) is 9.16. The zero-order valence-electron chi connectivity index (χ0n) is 20.4. The number of hydrogen-bond acceptors (Lipinski definition) is 8. The summed E-state index contributed by atoms with van der Waals surface area (Å²) < 4.78 is 45.7. The van der Waals surface area contributed by atoms with E-state index in [1.165, 1.54) is 18.2 Å². The van der Waals surface area contributed by atoms with Crippen LogP contribution in [0.4, 0.5) is 14.6 Å². The van der Waals surface area contributed by atoms with Gasteiger partial charge in [0.2, 0.25) is 0 Å². The molecule has 1 aliphatic carbocycles. The SMILES string of the molecule is O=c1[nH]c(-c2ccc(N3C4CCC3CC(OCc3c(-c5c(F)cccc5F)noc3C3CC3)C4)nc2)no1. The molecule has 1 aromatic carbocycles. The van der Waals surface area contributed by atoms with Crippen molar-refractivity contribution >= 4 is 5.82 Å². The first-order valence-electron chi connectivity index (χ1n) is 12.9. The van der Waals surface area contributed by atoms with Crippen LogP contribution in [0.2, 0.25) is 0 Å². The molecule has 2 bridgehead atoms. The van der Waals surface area contributed by atoms with Crippen LogP contribution in [0.5, 0.6) is 0 Å². The normalized spacial score (nSPS) is 22.8. The van der Waals surface area contributed by atoms with Crippen molar-refractivity contribution in [3.05, 3.63) is 70.0 Å². The van der Waals surface area contributed by atoms with E-state index in [-0.39, 0.29) is 42.0 Å². The van der Waals surface area contributed by atoms with Crippen molar-refractivity contribution in [1.82, 2.24) is 20.3 Å². The molecule has 2 saturated heterocycles. The number of H-pyrrole nitrogens is 1. The lowest BCUT2D eigenvalue weighted by atomic mass is 9.99. The number of piperidine rings is 1. The molecular formula is C27H25F2N5O4. The highest BCUT2D eigenvalue weighted by Crippen LogP contribution is 2.45. The van der Waals surface area contributed by atoms with E-state index in [0.29, 0.717) is 22.7 Å². The van der Waals surface area contributed by atoms with Crippen LogP contribution >= 0.6 is 0 Å². The molecule has 1 N–H and O–H groups in total. The van der Waals surface area contributed by atoms with Crippen LogP contribution < -0.4 is 10.7 Å². The Balaban J connectivity index is 1.07. The Morgan fingerprint density at radius 3 is 2.39 bits per heavy atom. The molecule has 7 rings (SSSR count). The van der Waals surface area contributed by atoms with E-state index >= 15 is 0 Å². The topological polar surface area (TPSA) is 110 Å². The van der Waals surface area contributed by atoms with Crippen molar-refractivity contribution < 1.29 is 22.6 Å². The van der Waals surface area contributed by atoms with Crippen molar-refractivity contribution in [2.75, 3.05) is 4.90 Å². The number of halogens is 2. The van der Waals surface area contributed by atoms with Crippen LogP contribution in [0.25, 0.3) is 22.6 Å². The van der Waals surface area contributed by atoms with Crippen molar-refractivity contribution in [2.24, 2.45) is 0 Å². The third kappa shape index (κ3) is 4.10.